The van der Waals surface area contributed by atoms with E-state index in [9.17, 15) is 9.90 Å². The molecule has 0 saturated carbocycles. The van der Waals surface area contributed by atoms with E-state index >= 15 is 0 Å². The fourth-order valence-corrected chi connectivity index (χ4v) is 0.822. The Morgan fingerprint density at radius 2 is 2.42 bits per heavy atom. The van der Waals surface area contributed by atoms with Crippen molar-refractivity contribution in [3.05, 3.63) is 0 Å². The first-order valence-electron chi connectivity index (χ1n) is 4.09. The van der Waals surface area contributed by atoms with Gasteiger partial charge in [-0.05, 0) is 6.42 Å². The second-order valence-corrected chi connectivity index (χ2v) is 2.63. The average molecular weight is 169 g/mol. The van der Waals surface area contributed by atoms with E-state index in [4.69, 9.17) is 6.42 Å². The van der Waals surface area contributed by atoms with Crippen LogP contribution in [0.1, 0.15) is 26.2 Å². The maximum absolute atomic E-state index is 10.8. The molecule has 0 heterocycles. The van der Waals surface area contributed by atoms with Crippen LogP contribution in [0.2, 0.25) is 0 Å². The van der Waals surface area contributed by atoms with Gasteiger partial charge in [-0.3, -0.25) is 4.79 Å². The number of amides is 1. The van der Waals surface area contributed by atoms with Crippen molar-refractivity contribution in [2.75, 3.05) is 6.54 Å². The molecule has 0 aliphatic heterocycles. The Labute approximate surface area is 73.2 Å². The number of nitrogens with one attached hydrogen (secondary N) is 1. The van der Waals surface area contributed by atoms with Crippen molar-refractivity contribution >= 4 is 5.91 Å². The molecule has 0 fully saturated rings. The van der Waals surface area contributed by atoms with Gasteiger partial charge in [-0.1, -0.05) is 19.3 Å². The summed E-state index contributed by atoms with van der Waals surface area (Å²) in [6.07, 6.45) is 6.17. The summed E-state index contributed by atoms with van der Waals surface area (Å²) in [6.45, 7) is 2.28. The molecule has 0 aromatic heterocycles. The van der Waals surface area contributed by atoms with E-state index < -0.39 is 6.10 Å². The lowest BCUT2D eigenvalue weighted by atomic mass is 10.2. The van der Waals surface area contributed by atoms with E-state index in [0.29, 0.717) is 13.0 Å². The van der Waals surface area contributed by atoms with Gasteiger partial charge in [0.15, 0.2) is 0 Å². The molecule has 2 N–H and O–H groups in total. The third-order valence-electron chi connectivity index (χ3n) is 1.42. The molecular weight excluding hydrogens is 154 g/mol. The molecule has 3 heteroatoms. The minimum atomic E-state index is -0.447. The van der Waals surface area contributed by atoms with Gasteiger partial charge >= 0.3 is 0 Å². The molecule has 0 aliphatic carbocycles. The predicted molar refractivity (Wildman–Crippen MR) is 47.4 cm³/mol. The van der Waals surface area contributed by atoms with E-state index in [2.05, 4.69) is 11.2 Å². The Hall–Kier alpha value is -1.01. The highest BCUT2D eigenvalue weighted by atomic mass is 16.3. The zero-order chi connectivity index (χ0) is 9.40. The quantitative estimate of drug-likeness (QED) is 0.581. The molecule has 1 amide bonds. The van der Waals surface area contributed by atoms with Crippen molar-refractivity contribution < 1.29 is 9.90 Å². The normalized spacial score (nSPS) is 11.8. The second-order valence-electron chi connectivity index (χ2n) is 2.63. The average Bonchev–Trinajstić information content (AvgIpc) is 2.02. The fourth-order valence-electron chi connectivity index (χ4n) is 0.822. The van der Waals surface area contributed by atoms with Crippen molar-refractivity contribution in [1.82, 2.24) is 5.32 Å². The topological polar surface area (TPSA) is 49.3 Å². The highest BCUT2D eigenvalue weighted by Crippen LogP contribution is 1.93. The van der Waals surface area contributed by atoms with Gasteiger partial charge in [0, 0.05) is 6.54 Å². The number of carbonyl (C=O) groups excluding carboxylic acids is 1. The summed E-state index contributed by atoms with van der Waals surface area (Å²) in [4.78, 5) is 10.8. The molecule has 1 atom stereocenters. The van der Waals surface area contributed by atoms with Crippen LogP contribution in [0, 0.1) is 12.3 Å². The maximum Gasteiger partial charge on any atom is 0.232 e. The molecule has 68 valence electrons. The first-order chi connectivity index (χ1) is 5.70. The van der Waals surface area contributed by atoms with Gasteiger partial charge in [-0.25, -0.2) is 0 Å². The highest BCUT2D eigenvalue weighted by molar-refractivity contribution is 5.78. The lowest BCUT2D eigenvalue weighted by molar-refractivity contribution is -0.120. The van der Waals surface area contributed by atoms with E-state index in [1.807, 2.05) is 6.92 Å². The Bertz CT molecular complexity index is 172. The highest BCUT2D eigenvalue weighted by Gasteiger charge is 2.03. The second kappa shape index (κ2) is 6.68. The number of hydrogen-bond donors (Lipinski definition) is 2. The number of hydrogen-bond acceptors (Lipinski definition) is 2. The molecular formula is C9H15NO2. The number of aliphatic hydroxyl groups is 1. The summed E-state index contributed by atoms with van der Waals surface area (Å²) >= 11 is 0. The number of terminal acetylenes is 1. The Kier molecular flexibility index (Phi) is 6.12. The van der Waals surface area contributed by atoms with E-state index in [-0.39, 0.29) is 12.3 Å². The van der Waals surface area contributed by atoms with Crippen LogP contribution in [0.15, 0.2) is 0 Å². The predicted octanol–water partition coefficient (Wildman–Crippen LogP) is 0.287. The first kappa shape index (κ1) is 11.0. The first-order valence-corrected chi connectivity index (χ1v) is 4.09. The third-order valence-corrected chi connectivity index (χ3v) is 1.42. The smallest absolute Gasteiger partial charge is 0.232 e. The van der Waals surface area contributed by atoms with Gasteiger partial charge in [0.05, 0.1) is 12.5 Å². The summed E-state index contributed by atoms with van der Waals surface area (Å²) in [6, 6.07) is 0. The van der Waals surface area contributed by atoms with Crippen LogP contribution in [0.5, 0.6) is 0 Å². The SMILES string of the molecule is C#CCC(=O)NCC(O)CCC. The van der Waals surface area contributed by atoms with Crippen molar-refractivity contribution in [1.29, 1.82) is 0 Å². The lowest BCUT2D eigenvalue weighted by Gasteiger charge is -2.09. The van der Waals surface area contributed by atoms with Crippen molar-refractivity contribution in [2.45, 2.75) is 32.3 Å². The van der Waals surface area contributed by atoms with E-state index in [1.165, 1.54) is 0 Å². The van der Waals surface area contributed by atoms with Crippen molar-refractivity contribution in [3.63, 3.8) is 0 Å². The summed E-state index contributed by atoms with van der Waals surface area (Å²) in [5.74, 6) is 2.03. The van der Waals surface area contributed by atoms with Crippen LogP contribution >= 0.6 is 0 Å². The molecule has 0 radical (unpaired) electrons. The van der Waals surface area contributed by atoms with Crippen LogP contribution in [-0.4, -0.2) is 23.7 Å². The minimum Gasteiger partial charge on any atom is -0.391 e. The number of aliphatic hydroxyl groups excluding tert-OH is 1. The van der Waals surface area contributed by atoms with Crippen molar-refractivity contribution in [2.24, 2.45) is 0 Å². The van der Waals surface area contributed by atoms with Crippen LogP contribution in [-0.2, 0) is 4.79 Å². The maximum atomic E-state index is 10.8. The fraction of sp³-hybridized carbons (Fsp3) is 0.667. The molecule has 0 saturated heterocycles. The zero-order valence-electron chi connectivity index (χ0n) is 7.34. The van der Waals surface area contributed by atoms with Gasteiger partial charge in [0.2, 0.25) is 5.91 Å². The van der Waals surface area contributed by atoms with Crippen LogP contribution in [0.25, 0.3) is 0 Å². The third kappa shape index (κ3) is 5.75. The summed E-state index contributed by atoms with van der Waals surface area (Å²) < 4.78 is 0. The molecule has 1 unspecified atom stereocenters. The summed E-state index contributed by atoms with van der Waals surface area (Å²) in [5.41, 5.74) is 0. The number of carbonyl (C=O) groups is 1. The Morgan fingerprint density at radius 3 is 2.92 bits per heavy atom. The van der Waals surface area contributed by atoms with Crippen LogP contribution < -0.4 is 5.32 Å². The molecule has 0 aromatic rings. The molecule has 0 bridgehead atoms. The molecule has 12 heavy (non-hydrogen) atoms. The van der Waals surface area contributed by atoms with E-state index in [0.717, 1.165) is 6.42 Å². The molecule has 0 spiro atoms. The lowest BCUT2D eigenvalue weighted by Crippen LogP contribution is -2.31. The summed E-state index contributed by atoms with van der Waals surface area (Å²) in [5, 5.41) is 11.7. The largest absolute Gasteiger partial charge is 0.391 e. The van der Waals surface area contributed by atoms with E-state index in [1.54, 1.807) is 0 Å². The summed E-state index contributed by atoms with van der Waals surface area (Å²) in [7, 11) is 0. The molecule has 3 nitrogen and oxygen atoms in total. The van der Waals surface area contributed by atoms with Gasteiger partial charge in [0.25, 0.3) is 0 Å². The van der Waals surface area contributed by atoms with Crippen LogP contribution in [0.3, 0.4) is 0 Å². The van der Waals surface area contributed by atoms with Gasteiger partial charge in [0.1, 0.15) is 0 Å². The molecule has 0 rings (SSSR count). The van der Waals surface area contributed by atoms with Crippen molar-refractivity contribution in [3.8, 4) is 12.3 Å². The van der Waals surface area contributed by atoms with Gasteiger partial charge < -0.3 is 10.4 Å². The molecule has 0 aromatic carbocycles. The molecule has 0 aliphatic rings. The Balaban J connectivity index is 3.41. The van der Waals surface area contributed by atoms with Crippen LogP contribution in [0.4, 0.5) is 0 Å². The van der Waals surface area contributed by atoms with Gasteiger partial charge in [-0.15, -0.1) is 6.42 Å². The van der Waals surface area contributed by atoms with Gasteiger partial charge in [-0.2, -0.15) is 0 Å². The zero-order valence-corrected chi connectivity index (χ0v) is 7.34. The monoisotopic (exact) mass is 169 g/mol. The Morgan fingerprint density at radius 1 is 1.75 bits per heavy atom. The number of rotatable bonds is 5. The standard InChI is InChI=1S/C9H15NO2/c1-3-5-8(11)7-10-9(12)6-4-2/h2,8,11H,3,5-7H2,1H3,(H,10,12). The minimum absolute atomic E-state index is 0.0822.